The maximum absolute atomic E-state index is 13.3. The van der Waals surface area contributed by atoms with Gasteiger partial charge in [0, 0.05) is 10.3 Å². The largest absolute Gasteiger partial charge is 0.496 e. The highest BCUT2D eigenvalue weighted by Gasteiger charge is 2.17. The Bertz CT molecular complexity index is 542. The molecular formula is C14H16FNOS. The molecule has 1 aromatic heterocycles. The lowest BCUT2D eigenvalue weighted by Gasteiger charge is -2.16. The maximum Gasteiger partial charge on any atom is 0.129 e. The third-order valence-electron chi connectivity index (χ3n) is 3.01. The second kappa shape index (κ2) is 5.08. The lowest BCUT2D eigenvalue weighted by molar-refractivity contribution is 0.416. The van der Waals surface area contributed by atoms with Crippen molar-refractivity contribution in [3.8, 4) is 5.75 Å². The second-order valence-corrected chi connectivity index (χ2v) is 5.26. The van der Waals surface area contributed by atoms with Crippen LogP contribution in [0.2, 0.25) is 0 Å². The van der Waals surface area contributed by atoms with Crippen molar-refractivity contribution in [1.82, 2.24) is 0 Å². The minimum Gasteiger partial charge on any atom is -0.496 e. The minimum absolute atomic E-state index is 0.218. The van der Waals surface area contributed by atoms with Gasteiger partial charge in [0.2, 0.25) is 0 Å². The Morgan fingerprint density at radius 3 is 2.33 bits per heavy atom. The van der Waals surface area contributed by atoms with Crippen LogP contribution in [0.15, 0.2) is 23.6 Å². The first-order valence-electron chi connectivity index (χ1n) is 5.67. The monoisotopic (exact) mass is 265 g/mol. The summed E-state index contributed by atoms with van der Waals surface area (Å²) in [6, 6.07) is 4.73. The molecule has 18 heavy (non-hydrogen) atoms. The summed E-state index contributed by atoms with van der Waals surface area (Å²) >= 11 is 1.55. The van der Waals surface area contributed by atoms with Crippen molar-refractivity contribution in [1.29, 1.82) is 0 Å². The summed E-state index contributed by atoms with van der Waals surface area (Å²) < 4.78 is 18.4. The Kier molecular flexibility index (Phi) is 3.68. The zero-order valence-electron chi connectivity index (χ0n) is 10.7. The van der Waals surface area contributed by atoms with Gasteiger partial charge >= 0.3 is 0 Å². The molecular weight excluding hydrogens is 249 g/mol. The number of rotatable bonds is 3. The molecule has 0 aliphatic heterocycles. The van der Waals surface area contributed by atoms with Gasteiger partial charge in [-0.05, 0) is 48.7 Å². The summed E-state index contributed by atoms with van der Waals surface area (Å²) in [5, 5.41) is 1.92. The molecule has 0 amide bonds. The van der Waals surface area contributed by atoms with Gasteiger partial charge in [0.1, 0.15) is 11.6 Å². The van der Waals surface area contributed by atoms with Crippen LogP contribution in [0, 0.1) is 19.7 Å². The summed E-state index contributed by atoms with van der Waals surface area (Å²) in [5.41, 5.74) is 9.02. The Morgan fingerprint density at radius 1 is 1.22 bits per heavy atom. The number of methoxy groups -OCH3 is 1. The molecule has 0 radical (unpaired) electrons. The van der Waals surface area contributed by atoms with Gasteiger partial charge in [0.05, 0.1) is 13.2 Å². The van der Waals surface area contributed by atoms with Gasteiger partial charge in [-0.15, -0.1) is 11.3 Å². The van der Waals surface area contributed by atoms with Gasteiger partial charge in [-0.25, -0.2) is 4.39 Å². The van der Waals surface area contributed by atoms with Crippen LogP contribution in [0.1, 0.15) is 27.6 Å². The Hall–Kier alpha value is -1.39. The highest BCUT2D eigenvalue weighted by molar-refractivity contribution is 7.10. The third-order valence-corrected chi connectivity index (χ3v) is 4.00. The molecule has 2 nitrogen and oxygen atoms in total. The maximum atomic E-state index is 13.3. The summed E-state index contributed by atoms with van der Waals surface area (Å²) in [6.07, 6.45) is 0. The molecule has 0 fully saturated rings. The first-order chi connectivity index (χ1) is 8.52. The van der Waals surface area contributed by atoms with E-state index >= 15 is 0 Å². The predicted molar refractivity (Wildman–Crippen MR) is 72.8 cm³/mol. The van der Waals surface area contributed by atoms with E-state index in [1.165, 1.54) is 12.1 Å². The highest BCUT2D eigenvalue weighted by atomic mass is 32.1. The number of ether oxygens (including phenoxy) is 1. The van der Waals surface area contributed by atoms with Gasteiger partial charge in [0.25, 0.3) is 0 Å². The quantitative estimate of drug-likeness (QED) is 0.921. The van der Waals surface area contributed by atoms with Crippen LogP contribution in [-0.2, 0) is 0 Å². The first-order valence-corrected chi connectivity index (χ1v) is 6.55. The molecule has 0 aliphatic carbocycles. The van der Waals surface area contributed by atoms with E-state index in [9.17, 15) is 4.39 Å². The van der Waals surface area contributed by atoms with Crippen LogP contribution in [0.25, 0.3) is 0 Å². The van der Waals surface area contributed by atoms with E-state index in [1.54, 1.807) is 18.4 Å². The number of nitrogens with two attached hydrogens (primary N) is 1. The Labute approximate surface area is 110 Å². The van der Waals surface area contributed by atoms with E-state index in [1.807, 2.05) is 25.3 Å². The average Bonchev–Trinajstić information content (AvgIpc) is 2.75. The standard InChI is InChI=1S/C14H16FNOS/c1-8-4-10(15)5-9(2)13(8)14(16)12-6-11(17-3)7-18-12/h4-7,14H,16H2,1-3H3. The summed E-state index contributed by atoms with van der Waals surface area (Å²) in [6.45, 7) is 3.77. The van der Waals surface area contributed by atoms with E-state index in [2.05, 4.69) is 0 Å². The van der Waals surface area contributed by atoms with Crippen molar-refractivity contribution in [3.63, 3.8) is 0 Å². The van der Waals surface area contributed by atoms with E-state index in [0.717, 1.165) is 27.3 Å². The fourth-order valence-electron chi connectivity index (χ4n) is 2.16. The van der Waals surface area contributed by atoms with Crippen LogP contribution >= 0.6 is 11.3 Å². The molecule has 96 valence electrons. The summed E-state index contributed by atoms with van der Waals surface area (Å²) in [4.78, 5) is 1.02. The van der Waals surface area contributed by atoms with E-state index < -0.39 is 0 Å². The Balaban J connectivity index is 2.42. The Morgan fingerprint density at radius 2 is 1.83 bits per heavy atom. The lowest BCUT2D eigenvalue weighted by atomic mass is 9.95. The van der Waals surface area contributed by atoms with E-state index in [4.69, 9.17) is 10.5 Å². The van der Waals surface area contributed by atoms with Crippen LogP contribution in [0.3, 0.4) is 0 Å². The fourth-order valence-corrected chi connectivity index (χ4v) is 3.02. The summed E-state index contributed by atoms with van der Waals surface area (Å²) in [5.74, 6) is 0.590. The first kappa shape index (κ1) is 13.1. The van der Waals surface area contributed by atoms with Crippen molar-refractivity contribution >= 4 is 11.3 Å². The van der Waals surface area contributed by atoms with E-state index in [-0.39, 0.29) is 11.9 Å². The third kappa shape index (κ3) is 2.40. The molecule has 2 N–H and O–H groups in total. The molecule has 2 aromatic rings. The van der Waals surface area contributed by atoms with Crippen molar-refractivity contribution < 1.29 is 9.13 Å². The number of benzene rings is 1. The fraction of sp³-hybridized carbons (Fsp3) is 0.286. The van der Waals surface area contributed by atoms with Crippen LogP contribution in [-0.4, -0.2) is 7.11 Å². The molecule has 1 heterocycles. The molecule has 1 unspecified atom stereocenters. The number of hydrogen-bond acceptors (Lipinski definition) is 3. The van der Waals surface area contributed by atoms with Crippen LogP contribution < -0.4 is 10.5 Å². The second-order valence-electron chi connectivity index (χ2n) is 4.32. The molecule has 2 rings (SSSR count). The van der Waals surface area contributed by atoms with E-state index in [0.29, 0.717) is 0 Å². The lowest BCUT2D eigenvalue weighted by Crippen LogP contribution is -2.13. The number of aryl methyl sites for hydroxylation is 2. The molecule has 4 heteroatoms. The van der Waals surface area contributed by atoms with Crippen molar-refractivity contribution in [2.24, 2.45) is 5.73 Å². The SMILES string of the molecule is COc1csc(C(N)c2c(C)cc(F)cc2C)c1. The number of thiophene rings is 1. The smallest absolute Gasteiger partial charge is 0.129 e. The van der Waals surface area contributed by atoms with Gasteiger partial charge in [-0.3, -0.25) is 0 Å². The molecule has 0 saturated heterocycles. The van der Waals surface area contributed by atoms with Crippen molar-refractivity contribution in [2.75, 3.05) is 7.11 Å². The average molecular weight is 265 g/mol. The molecule has 0 spiro atoms. The van der Waals surface area contributed by atoms with Crippen molar-refractivity contribution in [2.45, 2.75) is 19.9 Å². The zero-order chi connectivity index (χ0) is 13.3. The van der Waals surface area contributed by atoms with Crippen molar-refractivity contribution in [3.05, 3.63) is 51.0 Å². The van der Waals surface area contributed by atoms with Gasteiger partial charge < -0.3 is 10.5 Å². The number of hydrogen-bond donors (Lipinski definition) is 1. The molecule has 0 saturated carbocycles. The minimum atomic E-state index is -0.237. The molecule has 1 atom stereocenters. The topological polar surface area (TPSA) is 35.2 Å². The molecule has 0 bridgehead atoms. The highest BCUT2D eigenvalue weighted by Crippen LogP contribution is 2.32. The van der Waals surface area contributed by atoms with Gasteiger partial charge in [0.15, 0.2) is 0 Å². The zero-order valence-corrected chi connectivity index (χ0v) is 11.5. The van der Waals surface area contributed by atoms with Crippen LogP contribution in [0.5, 0.6) is 5.75 Å². The molecule has 0 aliphatic rings. The summed E-state index contributed by atoms with van der Waals surface area (Å²) in [7, 11) is 1.63. The molecule has 1 aromatic carbocycles. The van der Waals surface area contributed by atoms with Gasteiger partial charge in [-0.2, -0.15) is 0 Å². The normalized spacial score (nSPS) is 12.5. The predicted octanol–water partition coefficient (Wildman–Crippen LogP) is 3.56. The van der Waals surface area contributed by atoms with Gasteiger partial charge in [-0.1, -0.05) is 0 Å². The van der Waals surface area contributed by atoms with Crippen LogP contribution in [0.4, 0.5) is 4.39 Å². The number of halogens is 1.